The summed E-state index contributed by atoms with van der Waals surface area (Å²) in [5.41, 5.74) is 3.06. The van der Waals surface area contributed by atoms with Gasteiger partial charge in [-0.1, -0.05) is 35.6 Å². The Kier molecular flexibility index (Phi) is 5.51. The number of esters is 1. The molecule has 0 radical (unpaired) electrons. The summed E-state index contributed by atoms with van der Waals surface area (Å²) in [6, 6.07) is 20.7. The van der Waals surface area contributed by atoms with Crippen LogP contribution in [0.4, 0.5) is 0 Å². The van der Waals surface area contributed by atoms with Crippen LogP contribution in [0.5, 0.6) is 5.75 Å². The van der Waals surface area contributed by atoms with Crippen LogP contribution < -0.4 is 14.8 Å². The zero-order chi connectivity index (χ0) is 24.6. The standard InChI is InChI=1S/C26H17N5O3S2/c1-16(32)34-20-11-9-17(10-12-20)24-27-26-31(29-24)25(33)22(36-26)14-18-15-30(19-6-3-2-4-7-19)28-23(18)21-8-5-13-35-21/h2-15H,1H3. The SMILES string of the molecule is CC(=O)Oc1ccc(-c2nc3sc(=Cc4cn(-c5ccccc5)nc4-c4cccs4)c(=O)n3n2)cc1. The van der Waals surface area contributed by atoms with Crippen LogP contribution in [0.1, 0.15) is 12.5 Å². The topological polar surface area (TPSA) is 91.4 Å². The van der Waals surface area contributed by atoms with Crippen LogP contribution >= 0.6 is 22.7 Å². The first-order valence-corrected chi connectivity index (χ1v) is 12.6. The van der Waals surface area contributed by atoms with Crippen molar-refractivity contribution in [3.8, 4) is 33.4 Å². The number of fused-ring (bicyclic) bond motifs is 1. The zero-order valence-electron chi connectivity index (χ0n) is 18.9. The van der Waals surface area contributed by atoms with Crippen molar-refractivity contribution in [1.29, 1.82) is 0 Å². The third kappa shape index (κ3) is 4.12. The fourth-order valence-corrected chi connectivity index (χ4v) is 5.38. The molecule has 6 aromatic rings. The van der Waals surface area contributed by atoms with E-state index in [1.54, 1.807) is 35.6 Å². The second-order valence-corrected chi connectivity index (χ2v) is 9.81. The Hall–Kier alpha value is -4.41. The number of para-hydroxylation sites is 1. The number of rotatable bonds is 5. The number of carbonyl (C=O) groups is 1. The van der Waals surface area contributed by atoms with Crippen molar-refractivity contribution in [3.63, 3.8) is 0 Å². The molecular formula is C26H17N5O3S2. The molecular weight excluding hydrogens is 494 g/mol. The summed E-state index contributed by atoms with van der Waals surface area (Å²) in [6.07, 6.45) is 3.77. The number of thiazole rings is 1. The predicted molar refractivity (Wildman–Crippen MR) is 140 cm³/mol. The smallest absolute Gasteiger partial charge is 0.308 e. The Bertz CT molecular complexity index is 1800. The van der Waals surface area contributed by atoms with Crippen molar-refractivity contribution < 1.29 is 9.53 Å². The number of carbonyl (C=O) groups excluding carboxylic acids is 1. The van der Waals surface area contributed by atoms with Crippen LogP contribution in [0.25, 0.3) is 38.7 Å². The normalized spacial score (nSPS) is 11.9. The number of aromatic nitrogens is 5. The number of hydrogen-bond acceptors (Lipinski definition) is 8. The molecule has 0 aliphatic rings. The number of nitrogens with zero attached hydrogens (tertiary/aromatic N) is 5. The number of ether oxygens (including phenoxy) is 1. The molecule has 8 nitrogen and oxygen atoms in total. The Labute approximate surface area is 212 Å². The Morgan fingerprint density at radius 3 is 2.50 bits per heavy atom. The fourth-order valence-electron chi connectivity index (χ4n) is 3.75. The molecule has 0 saturated heterocycles. The molecule has 0 aliphatic heterocycles. The lowest BCUT2D eigenvalue weighted by atomic mass is 10.2. The summed E-state index contributed by atoms with van der Waals surface area (Å²) in [4.78, 5) is 30.4. The molecule has 0 atom stereocenters. The van der Waals surface area contributed by atoms with Crippen LogP contribution in [0.15, 0.2) is 83.1 Å². The number of benzene rings is 2. The van der Waals surface area contributed by atoms with Gasteiger partial charge in [0, 0.05) is 24.2 Å². The lowest BCUT2D eigenvalue weighted by molar-refractivity contribution is -0.131. The molecule has 0 unspecified atom stereocenters. The molecule has 0 amide bonds. The summed E-state index contributed by atoms with van der Waals surface area (Å²) in [7, 11) is 0. The number of thiophene rings is 1. The summed E-state index contributed by atoms with van der Waals surface area (Å²) in [6.45, 7) is 1.35. The lowest BCUT2D eigenvalue weighted by Gasteiger charge is -2.01. The molecule has 4 aromatic heterocycles. The number of hydrogen-bond donors (Lipinski definition) is 0. The van der Waals surface area contributed by atoms with Crippen LogP contribution in [-0.4, -0.2) is 30.3 Å². The van der Waals surface area contributed by atoms with Gasteiger partial charge >= 0.3 is 5.97 Å². The molecule has 176 valence electrons. The average molecular weight is 512 g/mol. The highest BCUT2D eigenvalue weighted by Crippen LogP contribution is 2.28. The van der Waals surface area contributed by atoms with Gasteiger partial charge in [0.25, 0.3) is 5.56 Å². The van der Waals surface area contributed by atoms with Crippen molar-refractivity contribution in [2.75, 3.05) is 0 Å². The third-order valence-corrected chi connectivity index (χ3v) is 7.20. The fraction of sp³-hybridized carbons (Fsp3) is 0.0385. The van der Waals surface area contributed by atoms with Gasteiger partial charge in [0.15, 0.2) is 5.82 Å². The molecule has 0 spiro atoms. The van der Waals surface area contributed by atoms with E-state index < -0.39 is 0 Å². The van der Waals surface area contributed by atoms with Crippen molar-refractivity contribution in [2.24, 2.45) is 0 Å². The van der Waals surface area contributed by atoms with Gasteiger partial charge in [-0.25, -0.2) is 4.68 Å². The third-order valence-electron chi connectivity index (χ3n) is 5.36. The van der Waals surface area contributed by atoms with E-state index in [2.05, 4.69) is 10.1 Å². The van der Waals surface area contributed by atoms with Crippen LogP contribution in [0, 0.1) is 0 Å². The van der Waals surface area contributed by atoms with E-state index in [1.165, 1.54) is 22.8 Å². The molecule has 0 bridgehead atoms. The van der Waals surface area contributed by atoms with Crippen LogP contribution in [-0.2, 0) is 4.79 Å². The maximum Gasteiger partial charge on any atom is 0.308 e. The van der Waals surface area contributed by atoms with Crippen molar-refractivity contribution in [1.82, 2.24) is 24.4 Å². The Morgan fingerprint density at radius 2 is 1.81 bits per heavy atom. The first-order valence-electron chi connectivity index (χ1n) is 10.9. The summed E-state index contributed by atoms with van der Waals surface area (Å²) in [5, 5.41) is 11.2. The lowest BCUT2D eigenvalue weighted by Crippen LogP contribution is -2.23. The van der Waals surface area contributed by atoms with E-state index in [0.717, 1.165) is 27.4 Å². The minimum atomic E-state index is -0.389. The van der Waals surface area contributed by atoms with Crippen LogP contribution in [0.3, 0.4) is 0 Å². The Balaban J connectivity index is 1.40. The molecule has 6 rings (SSSR count). The van der Waals surface area contributed by atoms with Gasteiger partial charge in [-0.2, -0.15) is 14.6 Å². The highest BCUT2D eigenvalue weighted by atomic mass is 32.1. The molecule has 2 aromatic carbocycles. The van der Waals surface area contributed by atoms with E-state index >= 15 is 0 Å². The van der Waals surface area contributed by atoms with Gasteiger partial charge < -0.3 is 4.74 Å². The van der Waals surface area contributed by atoms with E-state index in [4.69, 9.17) is 9.84 Å². The second-order valence-electron chi connectivity index (χ2n) is 7.85. The monoisotopic (exact) mass is 511 g/mol. The maximum atomic E-state index is 13.2. The summed E-state index contributed by atoms with van der Waals surface area (Å²) in [5.74, 6) is 0.474. The van der Waals surface area contributed by atoms with Gasteiger partial charge in [0.2, 0.25) is 4.96 Å². The molecule has 4 heterocycles. The van der Waals surface area contributed by atoms with Crippen molar-refractivity contribution in [3.05, 3.63) is 98.8 Å². The van der Waals surface area contributed by atoms with Gasteiger partial charge in [-0.3, -0.25) is 9.59 Å². The molecule has 0 fully saturated rings. The minimum absolute atomic E-state index is 0.241. The second kappa shape index (κ2) is 8.99. The summed E-state index contributed by atoms with van der Waals surface area (Å²) < 4.78 is 8.72. The van der Waals surface area contributed by atoms with Crippen molar-refractivity contribution >= 4 is 39.7 Å². The van der Waals surface area contributed by atoms with E-state index in [1.807, 2.05) is 64.8 Å². The largest absolute Gasteiger partial charge is 0.427 e. The molecule has 0 aliphatic carbocycles. The molecule has 0 saturated carbocycles. The summed E-state index contributed by atoms with van der Waals surface area (Å²) >= 11 is 2.87. The van der Waals surface area contributed by atoms with E-state index in [-0.39, 0.29) is 11.5 Å². The zero-order valence-corrected chi connectivity index (χ0v) is 20.5. The highest BCUT2D eigenvalue weighted by molar-refractivity contribution is 7.15. The first-order chi connectivity index (χ1) is 17.5. The molecule has 0 N–H and O–H groups in total. The average Bonchev–Trinajstić information content (AvgIpc) is 3.67. The maximum absolute atomic E-state index is 13.2. The minimum Gasteiger partial charge on any atom is -0.427 e. The molecule has 36 heavy (non-hydrogen) atoms. The Morgan fingerprint density at radius 1 is 1.00 bits per heavy atom. The van der Waals surface area contributed by atoms with Gasteiger partial charge in [0.05, 0.1) is 15.1 Å². The van der Waals surface area contributed by atoms with Gasteiger partial charge in [-0.15, -0.1) is 16.4 Å². The van der Waals surface area contributed by atoms with E-state index in [9.17, 15) is 9.59 Å². The highest BCUT2D eigenvalue weighted by Gasteiger charge is 2.15. The van der Waals surface area contributed by atoms with Crippen LogP contribution in [0.2, 0.25) is 0 Å². The van der Waals surface area contributed by atoms with Gasteiger partial charge in [-0.05, 0) is 53.9 Å². The first kappa shape index (κ1) is 22.1. The van der Waals surface area contributed by atoms with Crippen molar-refractivity contribution in [2.45, 2.75) is 6.92 Å². The van der Waals surface area contributed by atoms with E-state index in [0.29, 0.717) is 21.1 Å². The predicted octanol–water partition coefficient (Wildman–Crippen LogP) is 4.21. The van der Waals surface area contributed by atoms with Gasteiger partial charge in [0.1, 0.15) is 11.4 Å². The quantitative estimate of drug-likeness (QED) is 0.254. The molecule has 10 heteroatoms.